The van der Waals surface area contributed by atoms with Crippen molar-refractivity contribution in [3.63, 3.8) is 0 Å². The third-order valence-electron chi connectivity index (χ3n) is 2.36. The molecule has 3 heteroatoms. The van der Waals surface area contributed by atoms with E-state index < -0.39 is 0 Å². The molecule has 1 unspecified atom stereocenters. The zero-order chi connectivity index (χ0) is 12.0. The third kappa shape index (κ3) is 4.00. The fraction of sp³-hybridized carbons (Fsp3) is 0.462. The van der Waals surface area contributed by atoms with Crippen LogP contribution in [0.4, 0.5) is 4.39 Å². The first kappa shape index (κ1) is 12.7. The standard InChI is InChI=1S/C13H17FN2/c1-10(2)7-12(8-15)16-9-11-5-3-4-6-13(11)14/h3-6,10,12,16H,7,9H2,1-2H3. The normalized spacial score (nSPS) is 12.4. The predicted octanol–water partition coefficient (Wildman–Crippen LogP) is 2.85. The van der Waals surface area contributed by atoms with Crippen molar-refractivity contribution in [1.29, 1.82) is 5.26 Å². The van der Waals surface area contributed by atoms with Gasteiger partial charge in [0.2, 0.25) is 0 Å². The average molecular weight is 220 g/mol. The van der Waals surface area contributed by atoms with Crippen molar-refractivity contribution >= 4 is 0 Å². The summed E-state index contributed by atoms with van der Waals surface area (Å²) in [5.41, 5.74) is 0.603. The van der Waals surface area contributed by atoms with E-state index >= 15 is 0 Å². The molecule has 0 aliphatic heterocycles. The summed E-state index contributed by atoms with van der Waals surface area (Å²) in [6, 6.07) is 8.60. The fourth-order valence-corrected chi connectivity index (χ4v) is 1.53. The predicted molar refractivity (Wildman–Crippen MR) is 62.1 cm³/mol. The van der Waals surface area contributed by atoms with Gasteiger partial charge in [0.25, 0.3) is 0 Å². The number of nitrogens with one attached hydrogen (secondary N) is 1. The Hall–Kier alpha value is -1.40. The maximum absolute atomic E-state index is 13.3. The molecule has 0 saturated heterocycles. The van der Waals surface area contributed by atoms with Gasteiger partial charge in [-0.3, -0.25) is 5.32 Å². The lowest BCUT2D eigenvalue weighted by Crippen LogP contribution is -2.28. The number of hydrogen-bond acceptors (Lipinski definition) is 2. The second-order valence-electron chi connectivity index (χ2n) is 4.28. The Morgan fingerprint density at radius 1 is 1.38 bits per heavy atom. The maximum Gasteiger partial charge on any atom is 0.127 e. The highest BCUT2D eigenvalue weighted by Gasteiger charge is 2.09. The lowest BCUT2D eigenvalue weighted by molar-refractivity contribution is 0.472. The monoisotopic (exact) mass is 220 g/mol. The van der Waals surface area contributed by atoms with E-state index in [0.717, 1.165) is 6.42 Å². The molecule has 1 atom stereocenters. The quantitative estimate of drug-likeness (QED) is 0.828. The van der Waals surface area contributed by atoms with Gasteiger partial charge in [0.05, 0.1) is 12.1 Å². The fourth-order valence-electron chi connectivity index (χ4n) is 1.53. The van der Waals surface area contributed by atoms with Gasteiger partial charge < -0.3 is 0 Å². The van der Waals surface area contributed by atoms with Crippen molar-refractivity contribution in [1.82, 2.24) is 5.32 Å². The van der Waals surface area contributed by atoms with Gasteiger partial charge in [0.1, 0.15) is 5.82 Å². The number of nitriles is 1. The lowest BCUT2D eigenvalue weighted by Gasteiger charge is -2.13. The van der Waals surface area contributed by atoms with Gasteiger partial charge in [0, 0.05) is 12.1 Å². The highest BCUT2D eigenvalue weighted by Crippen LogP contribution is 2.08. The number of nitrogens with zero attached hydrogens (tertiary/aromatic N) is 1. The summed E-state index contributed by atoms with van der Waals surface area (Å²) in [7, 11) is 0. The van der Waals surface area contributed by atoms with Crippen LogP contribution in [0.1, 0.15) is 25.8 Å². The zero-order valence-electron chi connectivity index (χ0n) is 9.70. The first-order valence-electron chi connectivity index (χ1n) is 5.50. The molecule has 0 fully saturated rings. The lowest BCUT2D eigenvalue weighted by atomic mass is 10.0. The van der Waals surface area contributed by atoms with Crippen molar-refractivity contribution in [2.75, 3.05) is 0 Å². The molecule has 86 valence electrons. The van der Waals surface area contributed by atoms with E-state index in [4.69, 9.17) is 5.26 Å². The molecule has 1 aromatic carbocycles. The van der Waals surface area contributed by atoms with Crippen molar-refractivity contribution < 1.29 is 4.39 Å². The van der Waals surface area contributed by atoms with Crippen molar-refractivity contribution in [3.8, 4) is 6.07 Å². The van der Waals surface area contributed by atoms with E-state index in [9.17, 15) is 4.39 Å². The summed E-state index contributed by atoms with van der Waals surface area (Å²) in [5.74, 6) is 0.231. The van der Waals surface area contributed by atoms with E-state index in [-0.39, 0.29) is 11.9 Å². The van der Waals surface area contributed by atoms with Crippen LogP contribution >= 0.6 is 0 Å². The van der Waals surface area contributed by atoms with Gasteiger partial charge in [-0.25, -0.2) is 4.39 Å². The molecule has 0 bridgehead atoms. The Labute approximate surface area is 96.1 Å². The van der Waals surface area contributed by atoms with Crippen molar-refractivity contribution in [2.24, 2.45) is 5.92 Å². The molecule has 0 aliphatic rings. The molecule has 0 heterocycles. The zero-order valence-corrected chi connectivity index (χ0v) is 9.70. The topological polar surface area (TPSA) is 35.8 Å². The average Bonchev–Trinajstić information content (AvgIpc) is 2.25. The van der Waals surface area contributed by atoms with E-state index in [0.29, 0.717) is 18.0 Å². The van der Waals surface area contributed by atoms with Crippen molar-refractivity contribution in [3.05, 3.63) is 35.6 Å². The first-order chi connectivity index (χ1) is 7.63. The summed E-state index contributed by atoms with van der Waals surface area (Å²) >= 11 is 0. The molecule has 0 amide bonds. The van der Waals surface area contributed by atoms with Gasteiger partial charge >= 0.3 is 0 Å². The van der Waals surface area contributed by atoms with Gasteiger partial charge in [0.15, 0.2) is 0 Å². The van der Waals surface area contributed by atoms with Gasteiger partial charge in [-0.15, -0.1) is 0 Å². The maximum atomic E-state index is 13.3. The van der Waals surface area contributed by atoms with Crippen LogP contribution in [0.3, 0.4) is 0 Å². The number of rotatable bonds is 5. The van der Waals surface area contributed by atoms with Crippen LogP contribution in [0.15, 0.2) is 24.3 Å². The summed E-state index contributed by atoms with van der Waals surface area (Å²) < 4.78 is 13.3. The Kier molecular flexibility index (Phi) is 4.94. The van der Waals surface area contributed by atoms with Crippen LogP contribution in [0.5, 0.6) is 0 Å². The van der Waals surface area contributed by atoms with Crippen LogP contribution in [-0.2, 0) is 6.54 Å². The first-order valence-corrected chi connectivity index (χ1v) is 5.50. The number of benzene rings is 1. The van der Waals surface area contributed by atoms with E-state index in [1.807, 2.05) is 0 Å². The molecule has 2 nitrogen and oxygen atoms in total. The van der Waals surface area contributed by atoms with Gasteiger partial charge in [-0.1, -0.05) is 32.0 Å². The van der Waals surface area contributed by atoms with Crippen LogP contribution in [0.25, 0.3) is 0 Å². The molecule has 1 N–H and O–H groups in total. The second kappa shape index (κ2) is 6.24. The Bertz CT molecular complexity index is 368. The molecule has 0 aromatic heterocycles. The van der Waals surface area contributed by atoms with Crippen LogP contribution < -0.4 is 5.32 Å². The summed E-state index contributed by atoms with van der Waals surface area (Å²) in [5, 5.41) is 12.0. The molecular weight excluding hydrogens is 203 g/mol. The largest absolute Gasteiger partial charge is 0.298 e. The Balaban J connectivity index is 2.50. The molecule has 0 saturated carbocycles. The van der Waals surface area contributed by atoms with E-state index in [1.54, 1.807) is 18.2 Å². The second-order valence-corrected chi connectivity index (χ2v) is 4.28. The highest BCUT2D eigenvalue weighted by atomic mass is 19.1. The molecular formula is C13H17FN2. The minimum absolute atomic E-state index is 0.209. The van der Waals surface area contributed by atoms with Gasteiger partial charge in [-0.2, -0.15) is 5.26 Å². The molecule has 0 radical (unpaired) electrons. The Morgan fingerprint density at radius 2 is 2.06 bits per heavy atom. The Morgan fingerprint density at radius 3 is 2.62 bits per heavy atom. The highest BCUT2D eigenvalue weighted by molar-refractivity contribution is 5.17. The van der Waals surface area contributed by atoms with Gasteiger partial charge in [-0.05, 0) is 18.4 Å². The van der Waals surface area contributed by atoms with Crippen LogP contribution in [0, 0.1) is 23.1 Å². The minimum atomic E-state index is -0.226. The summed E-state index contributed by atoms with van der Waals surface area (Å²) in [6.07, 6.45) is 0.783. The number of hydrogen-bond donors (Lipinski definition) is 1. The SMILES string of the molecule is CC(C)CC(C#N)NCc1ccccc1F. The molecule has 16 heavy (non-hydrogen) atoms. The van der Waals surface area contributed by atoms with Crippen molar-refractivity contribution in [2.45, 2.75) is 32.9 Å². The summed E-state index contributed by atoms with van der Waals surface area (Å²) in [6.45, 7) is 4.53. The number of halogens is 1. The van der Waals surface area contributed by atoms with E-state index in [1.165, 1.54) is 6.07 Å². The molecule has 1 aromatic rings. The minimum Gasteiger partial charge on any atom is -0.298 e. The third-order valence-corrected chi connectivity index (χ3v) is 2.36. The molecule has 1 rings (SSSR count). The van der Waals surface area contributed by atoms with Crippen LogP contribution in [0.2, 0.25) is 0 Å². The summed E-state index contributed by atoms with van der Waals surface area (Å²) in [4.78, 5) is 0. The van der Waals surface area contributed by atoms with Crippen LogP contribution in [-0.4, -0.2) is 6.04 Å². The van der Waals surface area contributed by atoms with E-state index in [2.05, 4.69) is 25.2 Å². The smallest absolute Gasteiger partial charge is 0.127 e. The molecule has 0 aliphatic carbocycles. The molecule has 0 spiro atoms.